The van der Waals surface area contributed by atoms with Crippen molar-refractivity contribution >= 4 is 5.97 Å². The first-order valence-electron chi connectivity index (χ1n) is 10.4. The zero-order valence-electron chi connectivity index (χ0n) is 16.7. The summed E-state index contributed by atoms with van der Waals surface area (Å²) in [7, 11) is 0. The first-order chi connectivity index (χ1) is 11.6. The van der Waals surface area contributed by atoms with Crippen molar-refractivity contribution in [2.45, 2.75) is 111 Å². The zero-order valence-corrected chi connectivity index (χ0v) is 16.7. The van der Waals surface area contributed by atoms with Crippen LogP contribution in [0.3, 0.4) is 0 Å². The van der Waals surface area contributed by atoms with E-state index in [4.69, 9.17) is 4.74 Å². The highest BCUT2D eigenvalue weighted by Gasteiger charge is 2.02. The fourth-order valence-corrected chi connectivity index (χ4v) is 2.99. The molecule has 1 unspecified atom stereocenters. The van der Waals surface area contributed by atoms with E-state index >= 15 is 0 Å². The second-order valence-corrected chi connectivity index (χ2v) is 7.49. The highest BCUT2D eigenvalue weighted by molar-refractivity contribution is 5.86. The molecule has 0 aliphatic heterocycles. The van der Waals surface area contributed by atoms with E-state index in [1.54, 1.807) is 6.92 Å². The number of carbonyl (C=O) groups excluding carboxylic acids is 1. The van der Waals surface area contributed by atoms with Crippen molar-refractivity contribution in [3.63, 3.8) is 0 Å². The topological polar surface area (TPSA) is 26.3 Å². The highest BCUT2D eigenvalue weighted by Crippen LogP contribution is 2.17. The molecule has 0 heterocycles. The quantitative estimate of drug-likeness (QED) is 0.159. The minimum atomic E-state index is -0.255. The van der Waals surface area contributed by atoms with E-state index in [-0.39, 0.29) is 5.97 Å². The molecule has 142 valence electrons. The molecule has 2 nitrogen and oxygen atoms in total. The summed E-state index contributed by atoms with van der Waals surface area (Å²) < 4.78 is 5.09. The lowest BCUT2D eigenvalue weighted by atomic mass is 9.97. The van der Waals surface area contributed by atoms with Crippen LogP contribution in [0.1, 0.15) is 111 Å². The fourth-order valence-electron chi connectivity index (χ4n) is 2.99. The van der Waals surface area contributed by atoms with E-state index in [1.165, 1.54) is 83.5 Å². The number of ether oxygens (including phenoxy) is 1. The molecule has 2 heteroatoms. The Morgan fingerprint density at radius 2 is 1.29 bits per heavy atom. The predicted molar refractivity (Wildman–Crippen MR) is 105 cm³/mol. The van der Waals surface area contributed by atoms with Gasteiger partial charge in [-0.05, 0) is 19.3 Å². The Morgan fingerprint density at radius 1 is 0.833 bits per heavy atom. The standard InChI is InChI=1S/C22H42O2/c1-5-6-17-21(4)18-15-13-11-9-7-8-10-12-14-16-19-24-22(23)20(2)3/h21H,2,5-19H2,1,3-4H3. The van der Waals surface area contributed by atoms with Gasteiger partial charge in [-0.1, -0.05) is 104 Å². The molecule has 0 saturated carbocycles. The molecule has 1 atom stereocenters. The Labute approximate surface area is 151 Å². The molecule has 0 amide bonds. The van der Waals surface area contributed by atoms with Crippen molar-refractivity contribution in [3.05, 3.63) is 12.2 Å². The van der Waals surface area contributed by atoms with E-state index < -0.39 is 0 Å². The highest BCUT2D eigenvalue weighted by atomic mass is 16.5. The first-order valence-corrected chi connectivity index (χ1v) is 10.4. The number of esters is 1. The average Bonchev–Trinajstić information content (AvgIpc) is 2.56. The molecule has 0 N–H and O–H groups in total. The molecule has 24 heavy (non-hydrogen) atoms. The van der Waals surface area contributed by atoms with Crippen LogP contribution in [0, 0.1) is 5.92 Å². The summed E-state index contributed by atoms with van der Waals surface area (Å²) in [5.74, 6) is 0.675. The zero-order chi connectivity index (χ0) is 18.0. The molecule has 0 fully saturated rings. The summed E-state index contributed by atoms with van der Waals surface area (Å²) in [5, 5.41) is 0. The minimum absolute atomic E-state index is 0.255. The molecule has 0 aromatic rings. The van der Waals surface area contributed by atoms with Crippen LogP contribution in [0.2, 0.25) is 0 Å². The van der Waals surface area contributed by atoms with Crippen LogP contribution in [0.25, 0.3) is 0 Å². The van der Waals surface area contributed by atoms with E-state index in [0.29, 0.717) is 12.2 Å². The van der Waals surface area contributed by atoms with Gasteiger partial charge in [0.2, 0.25) is 0 Å². The van der Waals surface area contributed by atoms with Gasteiger partial charge in [0.1, 0.15) is 0 Å². The van der Waals surface area contributed by atoms with E-state index in [0.717, 1.165) is 12.3 Å². The second kappa shape index (κ2) is 17.0. The van der Waals surface area contributed by atoms with Gasteiger partial charge in [-0.3, -0.25) is 0 Å². The third-order valence-corrected chi connectivity index (χ3v) is 4.72. The third-order valence-electron chi connectivity index (χ3n) is 4.72. The molecule has 0 aliphatic carbocycles. The predicted octanol–water partition coefficient (Wildman–Crippen LogP) is 7.22. The number of unbranched alkanes of at least 4 members (excludes halogenated alkanes) is 10. The normalized spacial score (nSPS) is 12.1. The Hall–Kier alpha value is -0.790. The van der Waals surface area contributed by atoms with Gasteiger partial charge < -0.3 is 4.74 Å². The van der Waals surface area contributed by atoms with Crippen molar-refractivity contribution in [2.75, 3.05) is 6.61 Å². The minimum Gasteiger partial charge on any atom is -0.462 e. The molecule has 0 rings (SSSR count). The lowest BCUT2D eigenvalue weighted by Crippen LogP contribution is -2.05. The largest absolute Gasteiger partial charge is 0.462 e. The summed E-state index contributed by atoms with van der Waals surface area (Å²) in [6.07, 6.45) is 18.7. The number of carbonyl (C=O) groups is 1. The van der Waals surface area contributed by atoms with Crippen LogP contribution >= 0.6 is 0 Å². The Kier molecular flexibility index (Phi) is 16.5. The van der Waals surface area contributed by atoms with Crippen LogP contribution in [-0.4, -0.2) is 12.6 Å². The maximum atomic E-state index is 11.2. The van der Waals surface area contributed by atoms with Crippen molar-refractivity contribution in [1.82, 2.24) is 0 Å². The van der Waals surface area contributed by atoms with Gasteiger partial charge in [0.15, 0.2) is 0 Å². The first kappa shape index (κ1) is 23.2. The molecule has 0 radical (unpaired) electrons. The maximum Gasteiger partial charge on any atom is 0.333 e. The molecule has 0 saturated heterocycles. The monoisotopic (exact) mass is 338 g/mol. The summed E-state index contributed by atoms with van der Waals surface area (Å²) >= 11 is 0. The summed E-state index contributed by atoms with van der Waals surface area (Å²) in [6, 6.07) is 0. The van der Waals surface area contributed by atoms with Crippen molar-refractivity contribution in [2.24, 2.45) is 5.92 Å². The van der Waals surface area contributed by atoms with Gasteiger partial charge in [0.25, 0.3) is 0 Å². The van der Waals surface area contributed by atoms with E-state index in [1.807, 2.05) is 0 Å². The van der Waals surface area contributed by atoms with Crippen LogP contribution in [0.5, 0.6) is 0 Å². The third kappa shape index (κ3) is 16.1. The van der Waals surface area contributed by atoms with Gasteiger partial charge in [-0.2, -0.15) is 0 Å². The van der Waals surface area contributed by atoms with Gasteiger partial charge in [-0.15, -0.1) is 0 Å². The second-order valence-electron chi connectivity index (χ2n) is 7.49. The Bertz CT molecular complexity index is 309. The summed E-state index contributed by atoms with van der Waals surface area (Å²) in [4.78, 5) is 11.2. The van der Waals surface area contributed by atoms with Gasteiger partial charge >= 0.3 is 5.97 Å². The van der Waals surface area contributed by atoms with Crippen molar-refractivity contribution in [1.29, 1.82) is 0 Å². The van der Waals surface area contributed by atoms with E-state index in [9.17, 15) is 4.79 Å². The molecular formula is C22H42O2. The van der Waals surface area contributed by atoms with Crippen LogP contribution in [-0.2, 0) is 9.53 Å². The summed E-state index contributed by atoms with van der Waals surface area (Å²) in [6.45, 7) is 10.5. The van der Waals surface area contributed by atoms with Crippen molar-refractivity contribution < 1.29 is 9.53 Å². The van der Waals surface area contributed by atoms with Crippen molar-refractivity contribution in [3.8, 4) is 0 Å². The SMILES string of the molecule is C=C(C)C(=O)OCCCCCCCCCCCCC(C)CCCC. The lowest BCUT2D eigenvalue weighted by molar-refractivity contribution is -0.139. The smallest absolute Gasteiger partial charge is 0.333 e. The number of hydrogen-bond acceptors (Lipinski definition) is 2. The maximum absolute atomic E-state index is 11.2. The van der Waals surface area contributed by atoms with Gasteiger partial charge in [0, 0.05) is 5.57 Å². The molecule has 0 aromatic heterocycles. The van der Waals surface area contributed by atoms with Crippen LogP contribution < -0.4 is 0 Å². The molecule has 0 spiro atoms. The Morgan fingerprint density at radius 3 is 1.79 bits per heavy atom. The molecule has 0 aliphatic rings. The number of rotatable bonds is 17. The summed E-state index contributed by atoms with van der Waals surface area (Å²) in [5.41, 5.74) is 0.491. The molecule has 0 aromatic carbocycles. The fraction of sp³-hybridized carbons (Fsp3) is 0.864. The van der Waals surface area contributed by atoms with Crippen LogP contribution in [0.4, 0.5) is 0 Å². The molecule has 0 bridgehead atoms. The van der Waals surface area contributed by atoms with Gasteiger partial charge in [0.05, 0.1) is 6.61 Å². The van der Waals surface area contributed by atoms with Crippen LogP contribution in [0.15, 0.2) is 12.2 Å². The average molecular weight is 339 g/mol. The molecular weight excluding hydrogens is 296 g/mol. The lowest BCUT2D eigenvalue weighted by Gasteiger charge is -2.10. The van der Waals surface area contributed by atoms with Gasteiger partial charge in [-0.25, -0.2) is 4.79 Å². The van der Waals surface area contributed by atoms with E-state index in [2.05, 4.69) is 20.4 Å². The Balaban J connectivity index is 3.15. The number of hydrogen-bond donors (Lipinski definition) is 0.